The second-order valence-corrected chi connectivity index (χ2v) is 14.8. The monoisotopic (exact) mass is 745 g/mol. The van der Waals surface area contributed by atoms with Crippen LogP contribution in [0.4, 0.5) is 0 Å². The molecule has 0 rings (SSSR count). The highest BCUT2D eigenvalue weighted by atomic mass is 16.5. The van der Waals surface area contributed by atoms with Gasteiger partial charge in [0, 0.05) is 13.8 Å². The van der Waals surface area contributed by atoms with Gasteiger partial charge in [-0.3, -0.25) is 24.2 Å². The van der Waals surface area contributed by atoms with Crippen LogP contribution in [0.3, 0.4) is 0 Å². The number of nitrogens with zero attached hydrogens (tertiary/aromatic N) is 2. The highest BCUT2D eigenvalue weighted by molar-refractivity contribution is 5.71. The molecule has 0 atom stereocenters. The van der Waals surface area contributed by atoms with Crippen molar-refractivity contribution in [1.82, 2.24) is 9.80 Å². The van der Waals surface area contributed by atoms with Crippen LogP contribution in [0.25, 0.3) is 0 Å². The lowest BCUT2D eigenvalue weighted by molar-refractivity contribution is -0.151. The number of hydrogen-bond donors (Lipinski definition) is 0. The van der Waals surface area contributed by atoms with E-state index in [1.807, 2.05) is 26.0 Å². The Morgan fingerprint density at radius 3 is 1.23 bits per heavy atom. The van der Waals surface area contributed by atoms with Crippen LogP contribution in [0, 0.1) is 0 Å². The van der Waals surface area contributed by atoms with Crippen molar-refractivity contribution in [3.8, 4) is 0 Å². The fourth-order valence-corrected chi connectivity index (χ4v) is 6.09. The molecule has 0 aromatic rings. The number of unbranched alkanes of at least 4 members (excludes halogenated alkanes) is 16. The highest BCUT2D eigenvalue weighted by Gasteiger charge is 2.16. The van der Waals surface area contributed by atoms with Gasteiger partial charge in [-0.2, -0.15) is 0 Å². The molecule has 306 valence electrons. The Morgan fingerprint density at radius 1 is 0.491 bits per heavy atom. The second kappa shape index (κ2) is 39.0. The van der Waals surface area contributed by atoms with Crippen molar-refractivity contribution in [1.29, 1.82) is 0 Å². The van der Waals surface area contributed by atoms with Gasteiger partial charge in [0.05, 0.1) is 26.4 Å². The largest absolute Gasteiger partial charge is 0.466 e. The Hall–Kier alpha value is -2.71. The van der Waals surface area contributed by atoms with Crippen molar-refractivity contribution in [2.75, 3.05) is 47.6 Å². The Balaban J connectivity index is 4.08. The summed E-state index contributed by atoms with van der Waals surface area (Å²) in [6, 6.07) is 0. The van der Waals surface area contributed by atoms with E-state index >= 15 is 0 Å². The minimum atomic E-state index is -0.197. The predicted octanol–water partition coefficient (Wildman–Crippen LogP) is 11.1. The summed E-state index contributed by atoms with van der Waals surface area (Å²) >= 11 is 0. The smallest absolute Gasteiger partial charge is 0.320 e. The van der Waals surface area contributed by atoms with Gasteiger partial charge in [0.25, 0.3) is 0 Å². The molecule has 53 heavy (non-hydrogen) atoms. The normalized spacial score (nSPS) is 12.2. The third-order valence-corrected chi connectivity index (χ3v) is 8.87. The number of carbonyl (C=O) groups excluding carboxylic acids is 3. The Bertz CT molecular complexity index is 927. The van der Waals surface area contributed by atoms with Gasteiger partial charge in [-0.05, 0) is 124 Å². The summed E-state index contributed by atoms with van der Waals surface area (Å²) in [5.41, 5.74) is 0. The summed E-state index contributed by atoms with van der Waals surface area (Å²) < 4.78 is 15.9. The van der Waals surface area contributed by atoms with E-state index in [0.717, 1.165) is 96.6 Å². The Labute approximate surface area is 325 Å². The molecule has 0 aliphatic rings. The van der Waals surface area contributed by atoms with Crippen LogP contribution in [-0.4, -0.2) is 81.4 Å². The Morgan fingerprint density at radius 2 is 0.849 bits per heavy atom. The lowest BCUT2D eigenvalue weighted by Crippen LogP contribution is -2.36. The highest BCUT2D eigenvalue weighted by Crippen LogP contribution is 2.18. The number of rotatable bonds is 37. The molecule has 0 aliphatic carbocycles. The molecule has 0 saturated heterocycles. The zero-order valence-corrected chi connectivity index (χ0v) is 34.8. The van der Waals surface area contributed by atoms with Crippen molar-refractivity contribution in [3.05, 3.63) is 48.6 Å². The van der Waals surface area contributed by atoms with Gasteiger partial charge < -0.3 is 14.2 Å². The predicted molar refractivity (Wildman–Crippen MR) is 222 cm³/mol. The van der Waals surface area contributed by atoms with E-state index in [1.165, 1.54) is 78.1 Å². The van der Waals surface area contributed by atoms with Gasteiger partial charge in [-0.15, -0.1) is 0 Å². The number of hydrogen-bond acceptors (Lipinski definition) is 8. The standard InChI is InChI=1S/C45H80N2O6/c1-42(48)51-38-34-30-26-22-18-14-10-6-8-12-16-20-24-28-32-36-44(53-45(50)40-47(5)41-46(3)4)37-33-29-25-21-17-13-9-7-11-15-19-23-27-31-35-39-52-43(2)49/h6-7,10-11,18-19,22-23,44H,8-9,12-17,20-21,24-41H2,1-5H3/b10-6-,11-7-,22-18-,23-19-. The summed E-state index contributed by atoms with van der Waals surface area (Å²) in [7, 11) is 5.99. The van der Waals surface area contributed by atoms with Crippen LogP contribution in [0.5, 0.6) is 0 Å². The van der Waals surface area contributed by atoms with Gasteiger partial charge >= 0.3 is 17.9 Å². The summed E-state index contributed by atoms with van der Waals surface area (Å²) in [5.74, 6) is -0.492. The quantitative estimate of drug-likeness (QED) is 0.0204. The molecule has 0 radical (unpaired) electrons. The molecule has 0 bridgehead atoms. The minimum Gasteiger partial charge on any atom is -0.466 e. The van der Waals surface area contributed by atoms with Crippen LogP contribution >= 0.6 is 0 Å². The third-order valence-electron chi connectivity index (χ3n) is 8.87. The van der Waals surface area contributed by atoms with Gasteiger partial charge in [-0.25, -0.2) is 0 Å². The maximum absolute atomic E-state index is 12.7. The Kier molecular flexibility index (Phi) is 37.0. The molecule has 0 amide bonds. The summed E-state index contributed by atoms with van der Waals surface area (Å²) in [4.78, 5) is 38.3. The lowest BCUT2D eigenvalue weighted by Gasteiger charge is -2.23. The van der Waals surface area contributed by atoms with Crippen molar-refractivity contribution in [3.63, 3.8) is 0 Å². The van der Waals surface area contributed by atoms with Crippen LogP contribution in [0.1, 0.15) is 168 Å². The van der Waals surface area contributed by atoms with Crippen LogP contribution in [-0.2, 0) is 28.6 Å². The molecule has 0 aromatic heterocycles. The van der Waals surface area contributed by atoms with E-state index in [1.54, 1.807) is 0 Å². The molecule has 0 saturated carbocycles. The van der Waals surface area contributed by atoms with Crippen LogP contribution in [0.15, 0.2) is 48.6 Å². The van der Waals surface area contributed by atoms with Crippen LogP contribution < -0.4 is 0 Å². The number of allylic oxidation sites excluding steroid dienone is 8. The maximum atomic E-state index is 12.7. The fourth-order valence-electron chi connectivity index (χ4n) is 6.09. The van der Waals surface area contributed by atoms with Crippen molar-refractivity contribution < 1.29 is 28.6 Å². The summed E-state index contributed by atoms with van der Waals surface area (Å²) in [5, 5.41) is 0. The zero-order valence-electron chi connectivity index (χ0n) is 34.8. The third kappa shape index (κ3) is 41.9. The van der Waals surface area contributed by atoms with E-state index in [4.69, 9.17) is 14.2 Å². The number of esters is 3. The summed E-state index contributed by atoms with van der Waals surface area (Å²) in [6.07, 6.45) is 45.1. The first-order valence-electron chi connectivity index (χ1n) is 21.1. The molecule has 0 N–H and O–H groups in total. The van der Waals surface area contributed by atoms with E-state index in [9.17, 15) is 14.4 Å². The van der Waals surface area contributed by atoms with E-state index in [2.05, 4.69) is 53.5 Å². The molecule has 8 nitrogen and oxygen atoms in total. The van der Waals surface area contributed by atoms with Gasteiger partial charge in [0.2, 0.25) is 0 Å². The molecule has 0 aromatic carbocycles. The average molecular weight is 745 g/mol. The molecular weight excluding hydrogens is 665 g/mol. The van der Waals surface area contributed by atoms with Crippen LogP contribution in [0.2, 0.25) is 0 Å². The molecular formula is C45H80N2O6. The second-order valence-electron chi connectivity index (χ2n) is 14.8. The molecule has 0 heterocycles. The first kappa shape index (κ1) is 50.3. The topological polar surface area (TPSA) is 85.4 Å². The molecule has 0 fully saturated rings. The first-order chi connectivity index (χ1) is 25.7. The number of likely N-dealkylation sites (N-methyl/N-ethyl adjacent to an activating group) is 1. The van der Waals surface area contributed by atoms with Crippen molar-refractivity contribution >= 4 is 17.9 Å². The molecule has 0 unspecified atom stereocenters. The summed E-state index contributed by atoms with van der Waals surface area (Å²) in [6.45, 7) is 5.04. The van der Waals surface area contributed by atoms with E-state index < -0.39 is 0 Å². The number of ether oxygens (including phenoxy) is 3. The average Bonchev–Trinajstić information content (AvgIpc) is 3.09. The maximum Gasteiger partial charge on any atom is 0.320 e. The van der Waals surface area contributed by atoms with E-state index in [0.29, 0.717) is 19.8 Å². The lowest BCUT2D eigenvalue weighted by atomic mass is 10.0. The van der Waals surface area contributed by atoms with Crippen molar-refractivity contribution in [2.45, 2.75) is 174 Å². The van der Waals surface area contributed by atoms with Crippen molar-refractivity contribution in [2.24, 2.45) is 0 Å². The molecule has 8 heteroatoms. The minimum absolute atomic E-state index is 0.0372. The molecule has 0 aliphatic heterocycles. The fraction of sp³-hybridized carbons (Fsp3) is 0.756. The van der Waals surface area contributed by atoms with E-state index in [-0.39, 0.29) is 24.0 Å². The molecule has 0 spiro atoms. The zero-order chi connectivity index (χ0) is 39.0. The number of carbonyl (C=O) groups is 3. The van der Waals surface area contributed by atoms with Gasteiger partial charge in [0.15, 0.2) is 0 Å². The van der Waals surface area contributed by atoms with Gasteiger partial charge in [-0.1, -0.05) is 100.0 Å². The van der Waals surface area contributed by atoms with Gasteiger partial charge in [0.1, 0.15) is 6.10 Å². The first-order valence-corrected chi connectivity index (χ1v) is 21.1. The SMILES string of the molecule is CC(=O)OCCCC/C=C\C/C=C\CCCCCCCCC(CCCCCCCC/C=C\C/C=C\CCCCOC(C)=O)OC(=O)CN(C)CN(C)C.